The van der Waals surface area contributed by atoms with Gasteiger partial charge in [0.15, 0.2) is 5.25 Å². The molecule has 0 saturated heterocycles. The molecule has 1 aliphatic heterocycles. The van der Waals surface area contributed by atoms with Crippen molar-refractivity contribution in [2.45, 2.75) is 37.7 Å². The molecule has 0 aliphatic carbocycles. The zero-order valence-electron chi connectivity index (χ0n) is 11.9. The van der Waals surface area contributed by atoms with Crippen LogP contribution in [-0.2, 0) is 14.8 Å². The van der Waals surface area contributed by atoms with E-state index in [0.29, 0.717) is 5.75 Å². The molecule has 0 spiro atoms. The monoisotopic (exact) mass is 321 g/mol. The molecule has 0 fully saturated rings. The lowest BCUT2D eigenvalue weighted by Crippen LogP contribution is -2.53. The molecule has 0 aromatic rings. The number of imide groups is 1. The molecule has 20 heavy (non-hydrogen) atoms. The topological polar surface area (TPSA) is 105 Å². The highest BCUT2D eigenvalue weighted by Gasteiger charge is 2.38. The minimum Gasteiger partial charge on any atom is -0.275 e. The number of aliphatic imine (C=N–C) groups is 1. The summed E-state index contributed by atoms with van der Waals surface area (Å²) in [6.07, 6.45) is 0. The lowest BCUT2D eigenvalue weighted by Gasteiger charge is -2.21. The third-order valence-electron chi connectivity index (χ3n) is 2.38. The van der Waals surface area contributed by atoms with Crippen molar-refractivity contribution < 1.29 is 18.0 Å². The first-order valence-corrected chi connectivity index (χ1v) is 8.58. The van der Waals surface area contributed by atoms with E-state index < -0.39 is 27.2 Å². The number of carbonyl (C=O) groups is 2. The first-order chi connectivity index (χ1) is 9.03. The Morgan fingerprint density at radius 2 is 1.95 bits per heavy atom. The van der Waals surface area contributed by atoms with Gasteiger partial charge in [0.25, 0.3) is 5.91 Å². The van der Waals surface area contributed by atoms with Crippen LogP contribution in [0.25, 0.3) is 0 Å². The van der Waals surface area contributed by atoms with E-state index in [1.54, 1.807) is 11.8 Å². The fraction of sp³-hybridized carbons (Fsp3) is 0.727. The normalized spacial score (nSPS) is 20.6. The SMILES string of the molecule is CC1=NC(=O)NC(=O)C1S(=O)(=O)NCCSC(C)(C)C. The van der Waals surface area contributed by atoms with E-state index in [4.69, 9.17) is 0 Å². The largest absolute Gasteiger partial charge is 0.347 e. The molecular formula is C11H19N3O4S2. The van der Waals surface area contributed by atoms with Gasteiger partial charge in [0.1, 0.15) is 0 Å². The number of carbonyl (C=O) groups excluding carboxylic acids is 2. The van der Waals surface area contributed by atoms with Crippen molar-refractivity contribution in [3.05, 3.63) is 0 Å². The Hall–Kier alpha value is -0.930. The second-order valence-electron chi connectivity index (χ2n) is 5.33. The second-order valence-corrected chi connectivity index (χ2v) is 9.10. The van der Waals surface area contributed by atoms with E-state index >= 15 is 0 Å². The molecule has 1 heterocycles. The molecule has 0 radical (unpaired) electrons. The van der Waals surface area contributed by atoms with Crippen LogP contribution in [0.15, 0.2) is 4.99 Å². The van der Waals surface area contributed by atoms with Gasteiger partial charge in [0.05, 0.1) is 0 Å². The lowest BCUT2D eigenvalue weighted by molar-refractivity contribution is -0.118. The summed E-state index contributed by atoms with van der Waals surface area (Å²) in [6, 6.07) is -0.831. The molecule has 1 unspecified atom stereocenters. The molecule has 1 aliphatic rings. The minimum atomic E-state index is -3.88. The average Bonchev–Trinajstić information content (AvgIpc) is 2.21. The highest BCUT2D eigenvalue weighted by molar-refractivity contribution is 8.00. The van der Waals surface area contributed by atoms with Gasteiger partial charge in [0.2, 0.25) is 10.0 Å². The molecular weight excluding hydrogens is 302 g/mol. The summed E-state index contributed by atoms with van der Waals surface area (Å²) < 4.78 is 26.5. The third kappa shape index (κ3) is 4.88. The van der Waals surface area contributed by atoms with Gasteiger partial charge in [-0.3, -0.25) is 10.1 Å². The predicted octanol–water partition coefficient (Wildman–Crippen LogP) is 0.517. The Morgan fingerprint density at radius 1 is 1.35 bits per heavy atom. The van der Waals surface area contributed by atoms with Crippen molar-refractivity contribution in [3.63, 3.8) is 0 Å². The number of hydrogen-bond donors (Lipinski definition) is 2. The highest BCUT2D eigenvalue weighted by atomic mass is 32.2. The molecule has 2 N–H and O–H groups in total. The van der Waals surface area contributed by atoms with Gasteiger partial charge in [-0.25, -0.2) is 22.9 Å². The number of sulfonamides is 1. The molecule has 3 amide bonds. The minimum absolute atomic E-state index is 0.0188. The van der Waals surface area contributed by atoms with Crippen LogP contribution < -0.4 is 10.0 Å². The fourth-order valence-corrected chi connectivity index (χ4v) is 3.94. The van der Waals surface area contributed by atoms with Gasteiger partial charge in [-0.1, -0.05) is 20.8 Å². The highest BCUT2D eigenvalue weighted by Crippen LogP contribution is 2.22. The molecule has 9 heteroatoms. The maximum Gasteiger partial charge on any atom is 0.347 e. The molecule has 0 saturated carbocycles. The summed E-state index contributed by atoms with van der Waals surface area (Å²) in [6.45, 7) is 7.66. The van der Waals surface area contributed by atoms with E-state index in [2.05, 4.69) is 9.71 Å². The molecule has 1 rings (SSSR count). The number of nitrogens with one attached hydrogen (secondary N) is 2. The van der Waals surface area contributed by atoms with Crippen LogP contribution in [0.4, 0.5) is 4.79 Å². The predicted molar refractivity (Wildman–Crippen MR) is 79.6 cm³/mol. The Kier molecular flexibility index (Phi) is 5.33. The zero-order chi connectivity index (χ0) is 15.6. The summed E-state index contributed by atoms with van der Waals surface area (Å²) in [5.41, 5.74) is -0.0188. The Balaban J connectivity index is 2.67. The Bertz CT molecular complexity index is 534. The summed E-state index contributed by atoms with van der Waals surface area (Å²) in [7, 11) is -3.88. The van der Waals surface area contributed by atoms with Gasteiger partial charge in [-0.15, -0.1) is 0 Å². The summed E-state index contributed by atoms with van der Waals surface area (Å²) in [4.78, 5) is 26.1. The average molecular weight is 321 g/mol. The first-order valence-electron chi connectivity index (χ1n) is 6.05. The van der Waals surface area contributed by atoms with Crippen LogP contribution in [0.2, 0.25) is 0 Å². The number of nitrogens with zero attached hydrogens (tertiary/aromatic N) is 1. The van der Waals surface area contributed by atoms with Crippen molar-refractivity contribution in [2.24, 2.45) is 4.99 Å². The smallest absolute Gasteiger partial charge is 0.275 e. The maximum absolute atomic E-state index is 12.1. The second kappa shape index (κ2) is 6.23. The Labute approximate surface area is 123 Å². The maximum atomic E-state index is 12.1. The zero-order valence-corrected chi connectivity index (χ0v) is 13.5. The van der Waals surface area contributed by atoms with E-state index in [1.165, 1.54) is 6.92 Å². The van der Waals surface area contributed by atoms with Crippen LogP contribution >= 0.6 is 11.8 Å². The van der Waals surface area contributed by atoms with E-state index in [9.17, 15) is 18.0 Å². The molecule has 1 atom stereocenters. The molecule has 0 bridgehead atoms. The third-order valence-corrected chi connectivity index (χ3v) is 5.43. The number of hydrogen-bond acceptors (Lipinski definition) is 5. The van der Waals surface area contributed by atoms with Gasteiger partial charge < -0.3 is 0 Å². The van der Waals surface area contributed by atoms with Crippen molar-refractivity contribution in [3.8, 4) is 0 Å². The van der Waals surface area contributed by atoms with Gasteiger partial charge in [-0.2, -0.15) is 11.8 Å². The number of amides is 3. The number of urea groups is 1. The molecule has 0 aromatic heterocycles. The fourth-order valence-electron chi connectivity index (χ4n) is 1.60. The molecule has 7 nitrogen and oxygen atoms in total. The standard InChI is InChI=1S/C11H19N3O4S2/c1-7-8(9(15)14-10(16)13-7)20(17,18)12-5-6-19-11(2,3)4/h8,12H,5-6H2,1-4H3,(H,14,15,16). The van der Waals surface area contributed by atoms with Gasteiger partial charge in [-0.05, 0) is 6.92 Å². The van der Waals surface area contributed by atoms with Gasteiger partial charge in [0, 0.05) is 22.8 Å². The number of rotatable bonds is 5. The van der Waals surface area contributed by atoms with Crippen molar-refractivity contribution in [1.29, 1.82) is 0 Å². The Morgan fingerprint density at radius 3 is 2.45 bits per heavy atom. The number of thioether (sulfide) groups is 1. The quantitative estimate of drug-likeness (QED) is 0.718. The first kappa shape index (κ1) is 17.1. The van der Waals surface area contributed by atoms with Crippen molar-refractivity contribution >= 4 is 39.4 Å². The van der Waals surface area contributed by atoms with E-state index in [1.807, 2.05) is 26.1 Å². The van der Waals surface area contributed by atoms with Crippen molar-refractivity contribution in [1.82, 2.24) is 10.0 Å². The lowest BCUT2D eigenvalue weighted by atomic mass is 10.2. The summed E-state index contributed by atoms with van der Waals surface area (Å²) >= 11 is 1.61. The van der Waals surface area contributed by atoms with E-state index in [-0.39, 0.29) is 17.0 Å². The summed E-state index contributed by atoms with van der Waals surface area (Å²) in [5, 5.41) is 0.446. The van der Waals surface area contributed by atoms with Crippen molar-refractivity contribution in [2.75, 3.05) is 12.3 Å². The van der Waals surface area contributed by atoms with E-state index in [0.717, 1.165) is 0 Å². The van der Waals surface area contributed by atoms with Crippen LogP contribution in [0.1, 0.15) is 27.7 Å². The summed E-state index contributed by atoms with van der Waals surface area (Å²) in [5.74, 6) is -0.273. The molecule has 114 valence electrons. The van der Waals surface area contributed by atoms with Crippen LogP contribution in [0, 0.1) is 0 Å². The van der Waals surface area contributed by atoms with Crippen LogP contribution in [0.3, 0.4) is 0 Å². The van der Waals surface area contributed by atoms with Crippen LogP contribution in [-0.4, -0.2) is 48.4 Å². The van der Waals surface area contributed by atoms with Gasteiger partial charge >= 0.3 is 6.03 Å². The van der Waals surface area contributed by atoms with Crippen LogP contribution in [0.5, 0.6) is 0 Å². The molecule has 0 aromatic carbocycles.